The number of nitrogens with one attached hydrogen (secondary N) is 2. The fourth-order valence-electron chi connectivity index (χ4n) is 2.80. The standard InChI is InChI=1S/C15H20N2O4/c18-12-7-5-6-11(17-12)13(19)16-10-15(14(20)21)8-3-1-2-4-9-15/h5-7H,1-4,8-10H2,(H,16,19)(H,17,18)(H,20,21). The molecular weight excluding hydrogens is 272 g/mol. The lowest BCUT2D eigenvalue weighted by Crippen LogP contribution is -2.43. The first-order valence-corrected chi connectivity index (χ1v) is 7.24. The van der Waals surface area contributed by atoms with Gasteiger partial charge < -0.3 is 15.4 Å². The second-order valence-corrected chi connectivity index (χ2v) is 5.61. The Hall–Kier alpha value is -2.11. The van der Waals surface area contributed by atoms with Gasteiger partial charge in [0.25, 0.3) is 5.91 Å². The highest BCUT2D eigenvalue weighted by atomic mass is 16.4. The number of carboxylic acids is 1. The molecular formula is C15H20N2O4. The third kappa shape index (κ3) is 3.71. The normalized spacial score (nSPS) is 17.7. The lowest BCUT2D eigenvalue weighted by atomic mass is 9.80. The molecule has 0 saturated heterocycles. The predicted octanol–water partition coefficient (Wildman–Crippen LogP) is 1.53. The number of pyridine rings is 1. The molecule has 0 radical (unpaired) electrons. The minimum absolute atomic E-state index is 0.0953. The molecule has 0 bridgehead atoms. The number of carbonyl (C=O) groups is 2. The van der Waals surface area contributed by atoms with E-state index in [1.165, 1.54) is 18.2 Å². The minimum atomic E-state index is -0.888. The first kappa shape index (κ1) is 15.3. The molecule has 0 aromatic carbocycles. The first-order valence-electron chi connectivity index (χ1n) is 7.24. The summed E-state index contributed by atoms with van der Waals surface area (Å²) in [6.07, 6.45) is 4.96. The number of carboxylic acid groups (broad SMARTS) is 1. The molecule has 1 saturated carbocycles. The van der Waals surface area contributed by atoms with Gasteiger partial charge in [-0.2, -0.15) is 0 Å². The smallest absolute Gasteiger partial charge is 0.311 e. The molecule has 0 atom stereocenters. The lowest BCUT2D eigenvalue weighted by Gasteiger charge is -2.28. The fourth-order valence-corrected chi connectivity index (χ4v) is 2.80. The second-order valence-electron chi connectivity index (χ2n) is 5.61. The van der Waals surface area contributed by atoms with E-state index in [2.05, 4.69) is 10.3 Å². The summed E-state index contributed by atoms with van der Waals surface area (Å²) in [5, 5.41) is 12.2. The minimum Gasteiger partial charge on any atom is -0.481 e. The van der Waals surface area contributed by atoms with Crippen LogP contribution in [-0.2, 0) is 4.79 Å². The fraction of sp³-hybridized carbons (Fsp3) is 0.533. The van der Waals surface area contributed by atoms with Crippen LogP contribution in [0.2, 0.25) is 0 Å². The number of amides is 1. The maximum Gasteiger partial charge on any atom is 0.311 e. The summed E-state index contributed by atoms with van der Waals surface area (Å²) in [5.74, 6) is -1.30. The molecule has 0 unspecified atom stereocenters. The van der Waals surface area contributed by atoms with Crippen molar-refractivity contribution < 1.29 is 14.7 Å². The van der Waals surface area contributed by atoms with Crippen LogP contribution >= 0.6 is 0 Å². The van der Waals surface area contributed by atoms with Crippen LogP contribution in [0.25, 0.3) is 0 Å². The highest BCUT2D eigenvalue weighted by Crippen LogP contribution is 2.34. The van der Waals surface area contributed by atoms with Crippen LogP contribution in [0.1, 0.15) is 49.0 Å². The molecule has 1 aliphatic carbocycles. The van der Waals surface area contributed by atoms with Gasteiger partial charge in [-0.1, -0.05) is 31.7 Å². The molecule has 3 N–H and O–H groups in total. The summed E-state index contributed by atoms with van der Waals surface area (Å²) in [6.45, 7) is 0.0953. The Kier molecular flexibility index (Phi) is 4.77. The van der Waals surface area contributed by atoms with Crippen LogP contribution in [0.3, 0.4) is 0 Å². The molecule has 6 heteroatoms. The van der Waals surface area contributed by atoms with Crippen molar-refractivity contribution in [2.45, 2.75) is 38.5 Å². The van der Waals surface area contributed by atoms with Gasteiger partial charge in [0.15, 0.2) is 0 Å². The molecule has 1 fully saturated rings. The number of aliphatic carboxylic acids is 1. The van der Waals surface area contributed by atoms with Gasteiger partial charge >= 0.3 is 5.97 Å². The average molecular weight is 292 g/mol. The van der Waals surface area contributed by atoms with Crippen LogP contribution in [0.4, 0.5) is 0 Å². The number of H-pyrrole nitrogens is 1. The van der Waals surface area contributed by atoms with Crippen molar-refractivity contribution >= 4 is 11.9 Å². The van der Waals surface area contributed by atoms with Gasteiger partial charge in [0.1, 0.15) is 5.69 Å². The topological polar surface area (TPSA) is 99.3 Å². The monoisotopic (exact) mass is 292 g/mol. The van der Waals surface area contributed by atoms with Crippen LogP contribution in [0, 0.1) is 5.41 Å². The average Bonchev–Trinajstić information content (AvgIpc) is 2.71. The number of rotatable bonds is 4. The quantitative estimate of drug-likeness (QED) is 0.733. The zero-order valence-electron chi connectivity index (χ0n) is 11.9. The van der Waals surface area contributed by atoms with Gasteiger partial charge in [0.05, 0.1) is 5.41 Å². The maximum atomic E-state index is 12.0. The molecule has 2 rings (SSSR count). The van der Waals surface area contributed by atoms with E-state index in [-0.39, 0.29) is 17.8 Å². The summed E-state index contributed by atoms with van der Waals surface area (Å²) < 4.78 is 0. The summed E-state index contributed by atoms with van der Waals surface area (Å²) in [5.41, 5.74) is -1.09. The molecule has 6 nitrogen and oxygen atoms in total. The predicted molar refractivity (Wildman–Crippen MR) is 77.2 cm³/mol. The van der Waals surface area contributed by atoms with Gasteiger partial charge in [-0.25, -0.2) is 0 Å². The Morgan fingerprint density at radius 2 is 1.86 bits per heavy atom. The van der Waals surface area contributed by atoms with E-state index in [1.807, 2.05) is 0 Å². The first-order chi connectivity index (χ1) is 10.0. The highest BCUT2D eigenvalue weighted by molar-refractivity contribution is 5.92. The zero-order chi connectivity index (χ0) is 15.3. The Balaban J connectivity index is 2.06. The summed E-state index contributed by atoms with van der Waals surface area (Å²) in [7, 11) is 0. The van der Waals surface area contributed by atoms with Gasteiger partial charge in [0.2, 0.25) is 5.56 Å². The Labute approximate surface area is 122 Å². The van der Waals surface area contributed by atoms with E-state index in [0.29, 0.717) is 12.8 Å². The summed E-state index contributed by atoms with van der Waals surface area (Å²) in [6, 6.07) is 4.31. The number of carbonyl (C=O) groups excluding carboxylic acids is 1. The van der Waals surface area contributed by atoms with Crippen molar-refractivity contribution in [1.82, 2.24) is 10.3 Å². The second kappa shape index (κ2) is 6.56. The van der Waals surface area contributed by atoms with Crippen molar-refractivity contribution in [1.29, 1.82) is 0 Å². The number of hydrogen-bond donors (Lipinski definition) is 3. The van der Waals surface area contributed by atoms with E-state index in [1.54, 1.807) is 0 Å². The van der Waals surface area contributed by atoms with Gasteiger partial charge in [-0.05, 0) is 18.9 Å². The molecule has 1 aromatic heterocycles. The van der Waals surface area contributed by atoms with Crippen LogP contribution in [0.15, 0.2) is 23.0 Å². The van der Waals surface area contributed by atoms with E-state index >= 15 is 0 Å². The SMILES string of the molecule is O=C(NCC1(C(=O)O)CCCCCC1)c1cccc(=O)[nH]1. The Morgan fingerprint density at radius 1 is 1.19 bits per heavy atom. The van der Waals surface area contributed by atoms with E-state index in [4.69, 9.17) is 0 Å². The number of aromatic amines is 1. The van der Waals surface area contributed by atoms with Crippen LogP contribution < -0.4 is 10.9 Å². The molecule has 1 aromatic rings. The highest BCUT2D eigenvalue weighted by Gasteiger charge is 2.38. The van der Waals surface area contributed by atoms with Crippen molar-refractivity contribution in [2.75, 3.05) is 6.54 Å². The number of hydrogen-bond acceptors (Lipinski definition) is 3. The van der Waals surface area contributed by atoms with E-state index in [0.717, 1.165) is 25.7 Å². The Bertz CT molecular complexity index is 571. The van der Waals surface area contributed by atoms with Crippen molar-refractivity contribution in [2.24, 2.45) is 5.41 Å². The van der Waals surface area contributed by atoms with Gasteiger partial charge in [-0.15, -0.1) is 0 Å². The molecule has 21 heavy (non-hydrogen) atoms. The molecule has 1 aliphatic rings. The van der Waals surface area contributed by atoms with Gasteiger partial charge in [0, 0.05) is 12.6 Å². The summed E-state index contributed by atoms with van der Waals surface area (Å²) >= 11 is 0. The van der Waals surface area contributed by atoms with Crippen LogP contribution in [-0.4, -0.2) is 28.5 Å². The van der Waals surface area contributed by atoms with E-state index < -0.39 is 17.3 Å². The summed E-state index contributed by atoms with van der Waals surface area (Å²) in [4.78, 5) is 37.3. The van der Waals surface area contributed by atoms with E-state index in [9.17, 15) is 19.5 Å². The lowest BCUT2D eigenvalue weighted by molar-refractivity contribution is -0.149. The maximum absolute atomic E-state index is 12.0. The Morgan fingerprint density at radius 3 is 2.43 bits per heavy atom. The van der Waals surface area contributed by atoms with Crippen molar-refractivity contribution in [3.05, 3.63) is 34.2 Å². The molecule has 0 spiro atoms. The third-order valence-electron chi connectivity index (χ3n) is 4.11. The largest absolute Gasteiger partial charge is 0.481 e. The molecule has 1 amide bonds. The molecule has 0 aliphatic heterocycles. The van der Waals surface area contributed by atoms with Gasteiger partial charge in [-0.3, -0.25) is 14.4 Å². The van der Waals surface area contributed by atoms with Crippen molar-refractivity contribution in [3.63, 3.8) is 0 Å². The zero-order valence-corrected chi connectivity index (χ0v) is 11.9. The third-order valence-corrected chi connectivity index (χ3v) is 4.11. The molecule has 114 valence electrons. The van der Waals surface area contributed by atoms with Crippen LogP contribution in [0.5, 0.6) is 0 Å². The van der Waals surface area contributed by atoms with Crippen molar-refractivity contribution in [3.8, 4) is 0 Å². The number of aromatic nitrogens is 1. The molecule has 1 heterocycles.